The average Bonchev–Trinajstić information content (AvgIpc) is 3.33. The molecule has 1 unspecified atom stereocenters. The van der Waals surface area contributed by atoms with E-state index in [1.54, 1.807) is 29.6 Å². The van der Waals surface area contributed by atoms with E-state index in [1.807, 2.05) is 17.4 Å². The monoisotopic (exact) mass is 390 g/mol. The summed E-state index contributed by atoms with van der Waals surface area (Å²) < 4.78 is 37.2. The van der Waals surface area contributed by atoms with Gasteiger partial charge in [0, 0.05) is 36.1 Å². The topological polar surface area (TPSA) is 86.8 Å². The molecule has 2 N–H and O–H groups in total. The highest BCUT2D eigenvalue weighted by Crippen LogP contribution is 2.28. The minimum Gasteiger partial charge on any atom is -0.345 e. The number of H-pyrrole nitrogens is 1. The number of carbonyl (C=O) groups is 1. The molecule has 0 aliphatic carbocycles. The lowest BCUT2D eigenvalue weighted by atomic mass is 10.2. The molecule has 0 spiro atoms. The third-order valence-corrected chi connectivity index (χ3v) is 4.65. The normalized spacial score (nSPS) is 17.2. The van der Waals surface area contributed by atoms with Crippen molar-refractivity contribution < 1.29 is 18.0 Å². The van der Waals surface area contributed by atoms with Crippen LogP contribution in [0.2, 0.25) is 0 Å². The molecular weight excluding hydrogens is 373 g/mol. The summed E-state index contributed by atoms with van der Waals surface area (Å²) in [7, 11) is 0. The maximum absolute atomic E-state index is 12.4. The summed E-state index contributed by atoms with van der Waals surface area (Å²) in [5.74, 6) is 0.317. The van der Waals surface area contributed by atoms with Crippen LogP contribution in [0, 0.1) is 0 Å². The number of rotatable bonds is 4. The highest BCUT2D eigenvalue weighted by Gasteiger charge is 2.35. The van der Waals surface area contributed by atoms with Crippen LogP contribution in [0.25, 0.3) is 22.4 Å². The SMILES string of the molecule is O=C(NCC(F)(F)F)C1CCCN1c1ccnc(-c2c[nH]c3ncccc23)n1. The number of halogens is 3. The minimum absolute atomic E-state index is 0.457. The summed E-state index contributed by atoms with van der Waals surface area (Å²) in [4.78, 5) is 30.1. The molecule has 1 aliphatic heterocycles. The Morgan fingerprint density at radius 2 is 2.14 bits per heavy atom. The largest absolute Gasteiger partial charge is 0.405 e. The number of hydrogen-bond donors (Lipinski definition) is 2. The van der Waals surface area contributed by atoms with Gasteiger partial charge in [0.15, 0.2) is 5.82 Å². The van der Waals surface area contributed by atoms with Crippen LogP contribution in [0.4, 0.5) is 19.0 Å². The van der Waals surface area contributed by atoms with E-state index in [-0.39, 0.29) is 0 Å². The van der Waals surface area contributed by atoms with E-state index in [1.165, 1.54) is 0 Å². The zero-order chi connectivity index (χ0) is 19.7. The average molecular weight is 390 g/mol. The highest BCUT2D eigenvalue weighted by atomic mass is 19.4. The summed E-state index contributed by atoms with van der Waals surface area (Å²) in [6.07, 6.45) is 1.74. The molecule has 0 radical (unpaired) electrons. The van der Waals surface area contributed by atoms with Crippen LogP contribution in [-0.4, -0.2) is 51.2 Å². The summed E-state index contributed by atoms with van der Waals surface area (Å²) >= 11 is 0. The first-order valence-electron chi connectivity index (χ1n) is 8.79. The van der Waals surface area contributed by atoms with E-state index >= 15 is 0 Å². The van der Waals surface area contributed by atoms with Gasteiger partial charge in [-0.2, -0.15) is 13.2 Å². The molecule has 3 aromatic heterocycles. The first kappa shape index (κ1) is 18.2. The van der Waals surface area contributed by atoms with E-state index in [0.29, 0.717) is 36.7 Å². The number of nitrogens with one attached hydrogen (secondary N) is 2. The van der Waals surface area contributed by atoms with Gasteiger partial charge in [0.25, 0.3) is 0 Å². The van der Waals surface area contributed by atoms with Crippen molar-refractivity contribution in [1.29, 1.82) is 0 Å². The van der Waals surface area contributed by atoms with Gasteiger partial charge in [-0.25, -0.2) is 15.0 Å². The maximum atomic E-state index is 12.4. The van der Waals surface area contributed by atoms with Gasteiger partial charge >= 0.3 is 6.18 Å². The second kappa shape index (κ2) is 7.10. The molecule has 10 heteroatoms. The number of hydrogen-bond acceptors (Lipinski definition) is 5. The summed E-state index contributed by atoms with van der Waals surface area (Å²) in [6.45, 7) is -0.802. The molecule has 28 heavy (non-hydrogen) atoms. The fourth-order valence-corrected chi connectivity index (χ4v) is 3.40. The lowest BCUT2D eigenvalue weighted by molar-refractivity contribution is -0.139. The number of pyridine rings is 1. The molecule has 1 aliphatic rings. The Morgan fingerprint density at radius 3 is 2.96 bits per heavy atom. The quantitative estimate of drug-likeness (QED) is 0.715. The number of carbonyl (C=O) groups excluding carboxylic acids is 1. The van der Waals surface area contributed by atoms with E-state index in [0.717, 1.165) is 10.9 Å². The van der Waals surface area contributed by atoms with Gasteiger partial charge in [-0.3, -0.25) is 4.79 Å². The third kappa shape index (κ3) is 3.62. The second-order valence-corrected chi connectivity index (χ2v) is 6.52. The number of amides is 1. The Hall–Kier alpha value is -3.17. The van der Waals surface area contributed by atoms with E-state index in [4.69, 9.17) is 0 Å². The van der Waals surface area contributed by atoms with Crippen LogP contribution in [0.15, 0.2) is 36.8 Å². The summed E-state index contributed by atoms with van der Waals surface area (Å²) in [5, 5.41) is 2.83. The fraction of sp³-hybridized carbons (Fsp3) is 0.333. The molecular formula is C18H17F3N6O. The number of aromatic nitrogens is 4. The van der Waals surface area contributed by atoms with Crippen molar-refractivity contribution in [3.63, 3.8) is 0 Å². The van der Waals surface area contributed by atoms with Crippen molar-refractivity contribution in [3.05, 3.63) is 36.8 Å². The Bertz CT molecular complexity index is 1000. The van der Waals surface area contributed by atoms with Gasteiger partial charge in [-0.1, -0.05) is 0 Å². The second-order valence-electron chi connectivity index (χ2n) is 6.52. The molecule has 146 valence electrons. The van der Waals surface area contributed by atoms with Gasteiger partial charge < -0.3 is 15.2 Å². The van der Waals surface area contributed by atoms with Crippen molar-refractivity contribution in [2.24, 2.45) is 0 Å². The number of aromatic amines is 1. The van der Waals surface area contributed by atoms with Crippen molar-refractivity contribution in [3.8, 4) is 11.4 Å². The Kier molecular flexibility index (Phi) is 4.62. The Balaban J connectivity index is 1.59. The summed E-state index contributed by atoms with van der Waals surface area (Å²) in [5.41, 5.74) is 1.47. The molecule has 0 bridgehead atoms. The van der Waals surface area contributed by atoms with Crippen LogP contribution in [0.5, 0.6) is 0 Å². The van der Waals surface area contributed by atoms with Gasteiger partial charge in [0.2, 0.25) is 5.91 Å². The zero-order valence-electron chi connectivity index (χ0n) is 14.7. The molecule has 4 heterocycles. The van der Waals surface area contributed by atoms with Crippen molar-refractivity contribution in [2.45, 2.75) is 25.1 Å². The van der Waals surface area contributed by atoms with Gasteiger partial charge in [0.1, 0.15) is 24.1 Å². The van der Waals surface area contributed by atoms with Crippen LogP contribution in [0.3, 0.4) is 0 Å². The fourth-order valence-electron chi connectivity index (χ4n) is 3.40. The lowest BCUT2D eigenvalue weighted by Crippen LogP contribution is -2.46. The Morgan fingerprint density at radius 1 is 1.29 bits per heavy atom. The molecule has 4 rings (SSSR count). The molecule has 7 nitrogen and oxygen atoms in total. The predicted octanol–water partition coefficient (Wildman–Crippen LogP) is 2.67. The first-order valence-corrected chi connectivity index (χ1v) is 8.79. The van der Waals surface area contributed by atoms with Gasteiger partial charge in [0.05, 0.1) is 0 Å². The smallest absolute Gasteiger partial charge is 0.345 e. The lowest BCUT2D eigenvalue weighted by Gasteiger charge is -2.25. The van der Waals surface area contributed by atoms with Crippen LogP contribution < -0.4 is 10.2 Å². The summed E-state index contributed by atoms with van der Waals surface area (Å²) in [6, 6.07) is 4.68. The molecule has 1 fully saturated rings. The van der Waals surface area contributed by atoms with E-state index < -0.39 is 24.7 Å². The maximum Gasteiger partial charge on any atom is 0.405 e. The standard InChI is InChI=1S/C18H17F3N6O/c19-18(20,21)10-25-17(28)13-4-2-8-27(13)14-5-7-23-16(26-14)12-9-24-15-11(12)3-1-6-22-15/h1,3,5-7,9,13H,2,4,8,10H2,(H,22,24)(H,25,28). The number of anilines is 1. The molecule has 1 amide bonds. The third-order valence-electron chi connectivity index (χ3n) is 4.65. The number of fused-ring (bicyclic) bond motifs is 1. The number of nitrogens with zero attached hydrogens (tertiary/aromatic N) is 4. The molecule has 0 saturated carbocycles. The predicted molar refractivity (Wildman–Crippen MR) is 96.6 cm³/mol. The minimum atomic E-state index is -4.44. The molecule has 0 aromatic carbocycles. The van der Waals surface area contributed by atoms with E-state index in [2.05, 4.69) is 19.9 Å². The first-order chi connectivity index (χ1) is 13.4. The van der Waals surface area contributed by atoms with Crippen LogP contribution in [-0.2, 0) is 4.79 Å². The molecule has 1 saturated heterocycles. The van der Waals surface area contributed by atoms with Gasteiger partial charge in [-0.15, -0.1) is 0 Å². The van der Waals surface area contributed by atoms with Crippen molar-refractivity contribution in [2.75, 3.05) is 18.0 Å². The Labute approximate surface area is 158 Å². The number of alkyl halides is 3. The van der Waals surface area contributed by atoms with Crippen molar-refractivity contribution in [1.82, 2.24) is 25.3 Å². The highest BCUT2D eigenvalue weighted by molar-refractivity contribution is 5.91. The zero-order valence-corrected chi connectivity index (χ0v) is 14.7. The van der Waals surface area contributed by atoms with Crippen LogP contribution >= 0.6 is 0 Å². The van der Waals surface area contributed by atoms with Gasteiger partial charge in [-0.05, 0) is 31.0 Å². The molecule has 1 atom stereocenters. The van der Waals surface area contributed by atoms with Crippen molar-refractivity contribution >= 4 is 22.8 Å². The van der Waals surface area contributed by atoms with Crippen LogP contribution in [0.1, 0.15) is 12.8 Å². The molecule has 3 aromatic rings. The van der Waals surface area contributed by atoms with E-state index in [9.17, 15) is 18.0 Å².